The average Bonchev–Trinajstić information content (AvgIpc) is 3.47. The van der Waals surface area contributed by atoms with Gasteiger partial charge in [0.1, 0.15) is 12.4 Å². The minimum atomic E-state index is -0.285. The summed E-state index contributed by atoms with van der Waals surface area (Å²) in [5.41, 5.74) is 3.57. The maximum atomic E-state index is 12.4. The lowest BCUT2D eigenvalue weighted by molar-refractivity contribution is 0.302. The number of benzene rings is 2. The summed E-state index contributed by atoms with van der Waals surface area (Å²) in [6, 6.07) is 14.0. The van der Waals surface area contributed by atoms with Gasteiger partial charge in [-0.3, -0.25) is 0 Å². The fourth-order valence-electron chi connectivity index (χ4n) is 3.24. The molecule has 1 aromatic heterocycles. The zero-order chi connectivity index (χ0) is 18.8. The largest absolute Gasteiger partial charge is 0.489 e. The molecule has 0 radical (unpaired) electrons. The highest BCUT2D eigenvalue weighted by Crippen LogP contribution is 2.44. The molecule has 1 heterocycles. The normalized spacial score (nSPS) is 14.0. The van der Waals surface area contributed by atoms with E-state index in [2.05, 4.69) is 22.6 Å². The Labute approximate surface area is 157 Å². The summed E-state index contributed by atoms with van der Waals surface area (Å²) in [4.78, 5) is 12.4. The van der Waals surface area contributed by atoms with Crippen molar-refractivity contribution in [2.75, 3.05) is 0 Å². The van der Waals surface area contributed by atoms with Crippen LogP contribution < -0.4 is 10.4 Å². The van der Waals surface area contributed by atoms with E-state index in [1.54, 1.807) is 7.05 Å². The van der Waals surface area contributed by atoms with E-state index in [-0.39, 0.29) is 5.69 Å². The Bertz CT molecular complexity index is 1040. The van der Waals surface area contributed by atoms with E-state index in [0.717, 1.165) is 16.9 Å². The van der Waals surface area contributed by atoms with Gasteiger partial charge in [-0.05, 0) is 59.4 Å². The lowest BCUT2D eigenvalue weighted by atomic mass is 10.0. The van der Waals surface area contributed by atoms with Crippen molar-refractivity contribution in [1.29, 1.82) is 0 Å². The summed E-state index contributed by atoms with van der Waals surface area (Å²) in [7, 11) is 1.59. The SMILES string of the molecule is C/C=C/c1cccc(-n2nnn(C)c2=O)c1COc1ccccc1C1CC1. The maximum Gasteiger partial charge on any atom is 0.368 e. The van der Waals surface area contributed by atoms with Crippen molar-refractivity contribution in [3.63, 3.8) is 0 Å². The van der Waals surface area contributed by atoms with E-state index in [1.807, 2.05) is 49.4 Å². The Morgan fingerprint density at radius 3 is 2.67 bits per heavy atom. The first-order chi connectivity index (χ1) is 13.2. The molecule has 6 heteroatoms. The third-order valence-electron chi connectivity index (χ3n) is 4.79. The van der Waals surface area contributed by atoms with Gasteiger partial charge in [-0.1, -0.05) is 42.5 Å². The lowest BCUT2D eigenvalue weighted by Crippen LogP contribution is -2.23. The first-order valence-corrected chi connectivity index (χ1v) is 9.14. The van der Waals surface area contributed by atoms with Crippen molar-refractivity contribution in [2.24, 2.45) is 7.05 Å². The van der Waals surface area contributed by atoms with Crippen molar-refractivity contribution in [2.45, 2.75) is 32.3 Å². The molecular formula is C21H22N4O2. The summed E-state index contributed by atoms with van der Waals surface area (Å²) in [6.45, 7) is 2.32. The molecule has 6 nitrogen and oxygen atoms in total. The summed E-state index contributed by atoms with van der Waals surface area (Å²) in [6.07, 6.45) is 6.42. The molecule has 0 amide bonds. The van der Waals surface area contributed by atoms with Crippen molar-refractivity contribution in [3.05, 3.63) is 75.7 Å². The second kappa shape index (κ2) is 7.23. The van der Waals surface area contributed by atoms with Gasteiger partial charge in [-0.2, -0.15) is 9.36 Å². The van der Waals surface area contributed by atoms with E-state index in [0.29, 0.717) is 18.2 Å². The summed E-state index contributed by atoms with van der Waals surface area (Å²) in [5, 5.41) is 7.83. The smallest absolute Gasteiger partial charge is 0.368 e. The van der Waals surface area contributed by atoms with Gasteiger partial charge in [0.2, 0.25) is 0 Å². The quantitative estimate of drug-likeness (QED) is 0.674. The van der Waals surface area contributed by atoms with Gasteiger partial charge in [0.05, 0.1) is 5.69 Å². The Morgan fingerprint density at radius 2 is 1.96 bits per heavy atom. The molecule has 1 saturated carbocycles. The van der Waals surface area contributed by atoms with Crippen molar-refractivity contribution in [1.82, 2.24) is 19.8 Å². The highest BCUT2D eigenvalue weighted by molar-refractivity contribution is 5.59. The van der Waals surface area contributed by atoms with Crippen LogP contribution in [0.1, 0.15) is 42.4 Å². The molecule has 0 N–H and O–H groups in total. The van der Waals surface area contributed by atoms with Gasteiger partial charge >= 0.3 is 5.69 Å². The van der Waals surface area contributed by atoms with Crippen LogP contribution in [0.4, 0.5) is 0 Å². The molecule has 4 rings (SSSR count). The molecule has 0 bridgehead atoms. The second-order valence-electron chi connectivity index (χ2n) is 6.74. The second-order valence-corrected chi connectivity index (χ2v) is 6.74. The van der Waals surface area contributed by atoms with Gasteiger partial charge in [-0.15, -0.1) is 0 Å². The van der Waals surface area contributed by atoms with Crippen LogP contribution in [0.2, 0.25) is 0 Å². The van der Waals surface area contributed by atoms with Crippen LogP contribution in [0.15, 0.2) is 53.3 Å². The third kappa shape index (κ3) is 3.43. The van der Waals surface area contributed by atoms with E-state index in [1.165, 1.54) is 27.8 Å². The fraction of sp³-hybridized carbons (Fsp3) is 0.286. The molecule has 0 saturated heterocycles. The molecule has 3 aromatic rings. The Kier molecular flexibility index (Phi) is 4.62. The number of hydrogen-bond donors (Lipinski definition) is 0. The minimum Gasteiger partial charge on any atom is -0.489 e. The van der Waals surface area contributed by atoms with Crippen LogP contribution in [0.5, 0.6) is 5.75 Å². The number of aromatic nitrogens is 4. The molecule has 2 aromatic carbocycles. The zero-order valence-electron chi connectivity index (χ0n) is 15.5. The van der Waals surface area contributed by atoms with Crippen LogP contribution in [0, 0.1) is 0 Å². The zero-order valence-corrected chi connectivity index (χ0v) is 15.5. The van der Waals surface area contributed by atoms with E-state index >= 15 is 0 Å². The first kappa shape index (κ1) is 17.3. The molecule has 0 spiro atoms. The maximum absolute atomic E-state index is 12.4. The Hall–Kier alpha value is -3.15. The summed E-state index contributed by atoms with van der Waals surface area (Å²) in [5.74, 6) is 1.52. The monoisotopic (exact) mass is 362 g/mol. The molecule has 138 valence electrons. The van der Waals surface area contributed by atoms with Gasteiger partial charge in [0, 0.05) is 12.6 Å². The molecule has 1 aliphatic carbocycles. The van der Waals surface area contributed by atoms with Crippen LogP contribution in [0.3, 0.4) is 0 Å². The third-order valence-corrected chi connectivity index (χ3v) is 4.79. The Morgan fingerprint density at radius 1 is 1.15 bits per heavy atom. The summed E-state index contributed by atoms with van der Waals surface area (Å²) >= 11 is 0. The Balaban J connectivity index is 1.73. The first-order valence-electron chi connectivity index (χ1n) is 9.14. The van der Waals surface area contributed by atoms with Gasteiger partial charge in [0.15, 0.2) is 0 Å². The number of hydrogen-bond acceptors (Lipinski definition) is 4. The predicted molar refractivity (Wildman–Crippen MR) is 104 cm³/mol. The number of allylic oxidation sites excluding steroid dienone is 1. The van der Waals surface area contributed by atoms with E-state index < -0.39 is 0 Å². The van der Waals surface area contributed by atoms with Crippen molar-refractivity contribution >= 4 is 6.08 Å². The molecule has 1 aliphatic rings. The van der Waals surface area contributed by atoms with Gasteiger partial charge < -0.3 is 4.74 Å². The number of tetrazole rings is 1. The highest BCUT2D eigenvalue weighted by atomic mass is 16.5. The van der Waals surface area contributed by atoms with Crippen LogP contribution in [-0.2, 0) is 13.7 Å². The molecule has 0 aliphatic heterocycles. The minimum absolute atomic E-state index is 0.285. The number of ether oxygens (including phenoxy) is 1. The predicted octanol–water partition coefficient (Wildman–Crippen LogP) is 3.46. The average molecular weight is 362 g/mol. The van der Waals surface area contributed by atoms with Crippen molar-refractivity contribution < 1.29 is 4.74 Å². The van der Waals surface area contributed by atoms with E-state index in [9.17, 15) is 4.79 Å². The van der Waals surface area contributed by atoms with Gasteiger partial charge in [0.25, 0.3) is 0 Å². The standard InChI is InChI=1S/C21H22N4O2/c1-3-7-15-8-6-10-19(25-21(26)24(2)22-23-25)18(15)14-27-20-11-5-4-9-17(20)16-12-13-16/h3-11,16H,12-14H2,1-2H3/b7-3+. The summed E-state index contributed by atoms with van der Waals surface area (Å²) < 4.78 is 8.75. The highest BCUT2D eigenvalue weighted by Gasteiger charge is 2.26. The van der Waals surface area contributed by atoms with Gasteiger partial charge in [-0.25, -0.2) is 4.79 Å². The molecule has 1 fully saturated rings. The molecule has 27 heavy (non-hydrogen) atoms. The van der Waals surface area contributed by atoms with Crippen molar-refractivity contribution in [3.8, 4) is 11.4 Å². The number of para-hydroxylation sites is 1. The number of aryl methyl sites for hydroxylation is 1. The molecular weight excluding hydrogens is 340 g/mol. The number of rotatable bonds is 6. The molecule has 0 atom stereocenters. The van der Waals surface area contributed by atoms with Crippen LogP contribution in [-0.4, -0.2) is 19.8 Å². The molecule has 0 unspecified atom stereocenters. The topological polar surface area (TPSA) is 61.9 Å². The fourth-order valence-corrected chi connectivity index (χ4v) is 3.24. The number of nitrogens with zero attached hydrogens (tertiary/aromatic N) is 4. The van der Waals surface area contributed by atoms with Crippen LogP contribution >= 0.6 is 0 Å². The van der Waals surface area contributed by atoms with Crippen LogP contribution in [0.25, 0.3) is 11.8 Å². The van der Waals surface area contributed by atoms with E-state index in [4.69, 9.17) is 4.74 Å². The lowest BCUT2D eigenvalue weighted by Gasteiger charge is -2.15.